The molecule has 0 bridgehead atoms. The summed E-state index contributed by atoms with van der Waals surface area (Å²) < 4.78 is 26.3. The van der Waals surface area contributed by atoms with E-state index in [0.29, 0.717) is 17.8 Å². The van der Waals surface area contributed by atoms with Crippen LogP contribution in [0.4, 0.5) is 10.5 Å². The molecule has 0 saturated carbocycles. The molecule has 138 valence electrons. The van der Waals surface area contributed by atoms with Gasteiger partial charge in [0, 0.05) is 24.6 Å². The van der Waals surface area contributed by atoms with Gasteiger partial charge >= 0.3 is 6.03 Å². The van der Waals surface area contributed by atoms with E-state index >= 15 is 0 Å². The zero-order valence-electron chi connectivity index (χ0n) is 14.2. The maximum absolute atomic E-state index is 12.2. The molecular weight excluding hydrogens is 356 g/mol. The fourth-order valence-corrected chi connectivity index (χ4v) is 2.94. The fraction of sp³-hybridized carbons (Fsp3) is 0.235. The second-order valence-electron chi connectivity index (χ2n) is 5.44. The first kappa shape index (κ1) is 19.4. The number of urea groups is 1. The van der Waals surface area contributed by atoms with Crippen LogP contribution in [0, 0.1) is 0 Å². The minimum Gasteiger partial charge on any atom is -0.337 e. The standard InChI is InChI=1S/C17H20N4O4S/c1-2-3-11-19-17(23)21-26(24,25)15-8-6-14(7-9-15)20-16(22)13-5-4-10-18-12-13/h4-10,12H,2-3,11H2,1H3,(H,20,22)(H2,19,21,23). The number of anilines is 1. The number of rotatable bonds is 7. The van der Waals surface area contributed by atoms with Gasteiger partial charge in [-0.15, -0.1) is 0 Å². The van der Waals surface area contributed by atoms with Gasteiger partial charge in [-0.25, -0.2) is 17.9 Å². The molecule has 2 aromatic rings. The molecule has 0 spiro atoms. The Morgan fingerprint density at radius 3 is 2.46 bits per heavy atom. The average Bonchev–Trinajstić information content (AvgIpc) is 2.62. The van der Waals surface area contributed by atoms with Crippen molar-refractivity contribution in [3.05, 3.63) is 54.4 Å². The molecule has 0 unspecified atom stereocenters. The highest BCUT2D eigenvalue weighted by Crippen LogP contribution is 2.15. The Labute approximate surface area is 152 Å². The SMILES string of the molecule is CCCCNC(=O)NS(=O)(=O)c1ccc(NC(=O)c2cccnc2)cc1. The minimum absolute atomic E-state index is 0.0810. The highest BCUT2D eigenvalue weighted by Gasteiger charge is 2.17. The van der Waals surface area contributed by atoms with Gasteiger partial charge in [-0.2, -0.15) is 0 Å². The summed E-state index contributed by atoms with van der Waals surface area (Å²) in [5, 5.41) is 5.11. The molecule has 0 atom stereocenters. The molecule has 0 radical (unpaired) electrons. The number of carbonyl (C=O) groups excluding carboxylic acids is 2. The lowest BCUT2D eigenvalue weighted by molar-refractivity contribution is 0.102. The van der Waals surface area contributed by atoms with E-state index in [1.165, 1.54) is 30.5 Å². The summed E-state index contributed by atoms with van der Waals surface area (Å²) in [4.78, 5) is 27.4. The number of unbranched alkanes of at least 4 members (excludes halogenated alkanes) is 1. The van der Waals surface area contributed by atoms with Crippen molar-refractivity contribution in [2.24, 2.45) is 0 Å². The first-order valence-corrected chi connectivity index (χ1v) is 9.53. The van der Waals surface area contributed by atoms with E-state index in [-0.39, 0.29) is 10.8 Å². The van der Waals surface area contributed by atoms with E-state index in [1.807, 2.05) is 11.6 Å². The predicted octanol–water partition coefficient (Wildman–Crippen LogP) is 2.12. The molecule has 0 aliphatic carbocycles. The van der Waals surface area contributed by atoms with Gasteiger partial charge < -0.3 is 10.6 Å². The molecule has 0 saturated heterocycles. The lowest BCUT2D eigenvalue weighted by atomic mass is 10.2. The predicted molar refractivity (Wildman–Crippen MR) is 97.3 cm³/mol. The van der Waals surface area contributed by atoms with Crippen LogP contribution in [0.15, 0.2) is 53.7 Å². The van der Waals surface area contributed by atoms with Gasteiger partial charge in [-0.3, -0.25) is 9.78 Å². The van der Waals surface area contributed by atoms with Crippen LogP contribution in [0.25, 0.3) is 0 Å². The molecule has 3 N–H and O–H groups in total. The topological polar surface area (TPSA) is 117 Å². The van der Waals surface area contributed by atoms with Gasteiger partial charge in [0.15, 0.2) is 0 Å². The Bertz CT molecular complexity index is 852. The summed E-state index contributed by atoms with van der Waals surface area (Å²) in [7, 11) is -3.98. The van der Waals surface area contributed by atoms with Crippen LogP contribution in [0.2, 0.25) is 0 Å². The molecule has 2 rings (SSSR count). The zero-order chi connectivity index (χ0) is 19.0. The highest BCUT2D eigenvalue weighted by molar-refractivity contribution is 7.90. The lowest BCUT2D eigenvalue weighted by Crippen LogP contribution is -2.39. The maximum Gasteiger partial charge on any atom is 0.328 e. The quantitative estimate of drug-likeness (QED) is 0.640. The minimum atomic E-state index is -3.98. The van der Waals surface area contributed by atoms with E-state index in [0.717, 1.165) is 12.8 Å². The van der Waals surface area contributed by atoms with Crippen molar-refractivity contribution in [2.75, 3.05) is 11.9 Å². The van der Waals surface area contributed by atoms with Crippen LogP contribution in [0.3, 0.4) is 0 Å². The van der Waals surface area contributed by atoms with Gasteiger partial charge in [0.05, 0.1) is 10.5 Å². The molecule has 1 aromatic heterocycles. The van der Waals surface area contributed by atoms with Crippen molar-refractivity contribution in [2.45, 2.75) is 24.7 Å². The number of nitrogens with one attached hydrogen (secondary N) is 3. The molecule has 1 aromatic carbocycles. The number of hydrogen-bond donors (Lipinski definition) is 3. The number of nitrogens with zero attached hydrogens (tertiary/aromatic N) is 1. The lowest BCUT2D eigenvalue weighted by Gasteiger charge is -2.09. The molecule has 0 aliphatic rings. The number of aromatic nitrogens is 1. The number of pyridine rings is 1. The molecule has 1 heterocycles. The van der Waals surface area contributed by atoms with E-state index in [1.54, 1.807) is 18.3 Å². The van der Waals surface area contributed by atoms with Crippen molar-refractivity contribution in [3.8, 4) is 0 Å². The molecular formula is C17H20N4O4S. The smallest absolute Gasteiger partial charge is 0.328 e. The third-order valence-corrected chi connectivity index (χ3v) is 4.74. The van der Waals surface area contributed by atoms with Crippen molar-refractivity contribution < 1.29 is 18.0 Å². The molecule has 8 nitrogen and oxygen atoms in total. The van der Waals surface area contributed by atoms with Gasteiger partial charge in [-0.1, -0.05) is 13.3 Å². The normalized spacial score (nSPS) is 10.8. The van der Waals surface area contributed by atoms with Crippen LogP contribution >= 0.6 is 0 Å². The van der Waals surface area contributed by atoms with Crippen LogP contribution in [0.1, 0.15) is 30.1 Å². The van der Waals surface area contributed by atoms with Crippen molar-refractivity contribution >= 4 is 27.6 Å². The van der Waals surface area contributed by atoms with Gasteiger partial charge in [0.2, 0.25) is 0 Å². The van der Waals surface area contributed by atoms with Crippen molar-refractivity contribution in [1.82, 2.24) is 15.0 Å². The number of benzene rings is 1. The molecule has 0 aliphatic heterocycles. The third-order valence-electron chi connectivity index (χ3n) is 3.39. The van der Waals surface area contributed by atoms with E-state index in [9.17, 15) is 18.0 Å². The van der Waals surface area contributed by atoms with E-state index in [4.69, 9.17) is 0 Å². The first-order chi connectivity index (χ1) is 12.4. The van der Waals surface area contributed by atoms with E-state index in [2.05, 4.69) is 15.6 Å². The Balaban J connectivity index is 1.99. The second kappa shape index (κ2) is 8.95. The fourth-order valence-electron chi connectivity index (χ4n) is 2.01. The van der Waals surface area contributed by atoms with Gasteiger partial charge in [0.25, 0.3) is 15.9 Å². The van der Waals surface area contributed by atoms with Crippen LogP contribution in [-0.4, -0.2) is 31.9 Å². The second-order valence-corrected chi connectivity index (χ2v) is 7.12. The number of hydrogen-bond acceptors (Lipinski definition) is 5. The number of amides is 3. The summed E-state index contributed by atoms with van der Waals surface area (Å²) in [5.41, 5.74) is 0.805. The monoisotopic (exact) mass is 376 g/mol. The van der Waals surface area contributed by atoms with Crippen molar-refractivity contribution in [1.29, 1.82) is 0 Å². The molecule has 26 heavy (non-hydrogen) atoms. The average molecular weight is 376 g/mol. The summed E-state index contributed by atoms with van der Waals surface area (Å²) in [5.74, 6) is -0.359. The zero-order valence-corrected chi connectivity index (χ0v) is 15.0. The summed E-state index contributed by atoms with van der Waals surface area (Å²) in [6.07, 6.45) is 4.63. The summed E-state index contributed by atoms with van der Waals surface area (Å²) in [6.45, 7) is 2.36. The first-order valence-electron chi connectivity index (χ1n) is 8.04. The Kier molecular flexibility index (Phi) is 6.67. The third kappa shape index (κ3) is 5.55. The van der Waals surface area contributed by atoms with Crippen LogP contribution in [-0.2, 0) is 10.0 Å². The molecule has 0 fully saturated rings. The Morgan fingerprint density at radius 2 is 1.85 bits per heavy atom. The Morgan fingerprint density at radius 1 is 1.12 bits per heavy atom. The summed E-state index contributed by atoms with van der Waals surface area (Å²) in [6, 6.07) is 7.98. The van der Waals surface area contributed by atoms with Crippen molar-refractivity contribution in [3.63, 3.8) is 0 Å². The maximum atomic E-state index is 12.2. The number of sulfonamides is 1. The van der Waals surface area contributed by atoms with Crippen LogP contribution < -0.4 is 15.4 Å². The molecule has 3 amide bonds. The van der Waals surface area contributed by atoms with Crippen LogP contribution in [0.5, 0.6) is 0 Å². The highest BCUT2D eigenvalue weighted by atomic mass is 32.2. The summed E-state index contributed by atoms with van der Waals surface area (Å²) >= 11 is 0. The number of carbonyl (C=O) groups is 2. The van der Waals surface area contributed by atoms with Gasteiger partial charge in [0.1, 0.15) is 0 Å². The largest absolute Gasteiger partial charge is 0.337 e. The van der Waals surface area contributed by atoms with Gasteiger partial charge in [-0.05, 0) is 42.8 Å². The van der Waals surface area contributed by atoms with E-state index < -0.39 is 16.1 Å². The molecule has 9 heteroatoms. The Hall–Kier alpha value is -2.94.